The third-order valence-corrected chi connectivity index (χ3v) is 6.52. The molecule has 0 aromatic heterocycles. The third-order valence-electron chi connectivity index (χ3n) is 4.41. The average Bonchev–Trinajstić information content (AvgIpc) is 2.45. The highest BCUT2D eigenvalue weighted by atomic mass is 35.6. The van der Waals surface area contributed by atoms with Crippen LogP contribution in [0.1, 0.15) is 96.3 Å². The topological polar surface area (TPSA) is 37.3 Å². The maximum Gasteiger partial charge on any atom is 0.303 e. The van der Waals surface area contributed by atoms with E-state index in [4.69, 9.17) is 16.2 Å². The molecule has 0 saturated heterocycles. The highest BCUT2D eigenvalue weighted by Crippen LogP contribution is 2.19. The van der Waals surface area contributed by atoms with E-state index in [9.17, 15) is 4.79 Å². The molecular formula is C19H39ClO2Si. The second kappa shape index (κ2) is 15.5. The number of halogens is 1. The first-order valence-corrected chi connectivity index (χ1v) is 14.0. The zero-order valence-corrected chi connectivity index (χ0v) is 17.3. The summed E-state index contributed by atoms with van der Waals surface area (Å²) in [5.74, 6) is -0.658. The monoisotopic (exact) mass is 362 g/mol. The lowest BCUT2D eigenvalue weighted by molar-refractivity contribution is -0.137. The molecule has 0 spiro atoms. The minimum absolute atomic E-state index is 0.339. The summed E-state index contributed by atoms with van der Waals surface area (Å²) in [5.41, 5.74) is 0. The maximum atomic E-state index is 10.4. The molecule has 4 heteroatoms. The Kier molecular flexibility index (Phi) is 15.5. The fourth-order valence-corrected chi connectivity index (χ4v) is 4.43. The van der Waals surface area contributed by atoms with Gasteiger partial charge in [0.25, 0.3) is 0 Å². The Bertz CT molecular complexity index is 277. The summed E-state index contributed by atoms with van der Waals surface area (Å²) in [5, 5.41) is 8.55. The molecule has 0 saturated carbocycles. The zero-order chi connectivity index (χ0) is 17.4. The van der Waals surface area contributed by atoms with Gasteiger partial charge in [-0.15, -0.1) is 0 Å². The molecule has 0 fully saturated rings. The van der Waals surface area contributed by atoms with Gasteiger partial charge in [0.2, 0.25) is 0 Å². The molecule has 0 aliphatic rings. The zero-order valence-electron chi connectivity index (χ0n) is 15.5. The van der Waals surface area contributed by atoms with E-state index in [1.807, 2.05) is 0 Å². The Morgan fingerprint density at radius 2 is 1.00 bits per heavy atom. The Morgan fingerprint density at radius 1 is 0.696 bits per heavy atom. The van der Waals surface area contributed by atoms with Gasteiger partial charge < -0.3 is 5.11 Å². The van der Waals surface area contributed by atoms with Crippen molar-refractivity contribution in [1.82, 2.24) is 0 Å². The van der Waals surface area contributed by atoms with Crippen LogP contribution < -0.4 is 0 Å². The molecule has 0 heterocycles. The van der Waals surface area contributed by atoms with Gasteiger partial charge in [-0.05, 0) is 12.5 Å². The van der Waals surface area contributed by atoms with Crippen molar-refractivity contribution in [3.63, 3.8) is 0 Å². The van der Waals surface area contributed by atoms with Crippen molar-refractivity contribution in [3.05, 3.63) is 0 Å². The standard InChI is InChI=1S/C19H39ClO2Si/c1-23(2,20)18-16-14-12-10-8-6-4-3-5-7-9-11-13-15-17-19(21)22/h3-18H2,1-2H3,(H,21,22). The van der Waals surface area contributed by atoms with Crippen LogP contribution in [0.5, 0.6) is 0 Å². The Labute approximate surface area is 150 Å². The van der Waals surface area contributed by atoms with Gasteiger partial charge in [-0.2, -0.15) is 11.1 Å². The van der Waals surface area contributed by atoms with Gasteiger partial charge >= 0.3 is 5.97 Å². The third kappa shape index (κ3) is 22.0. The summed E-state index contributed by atoms with van der Waals surface area (Å²) in [4.78, 5) is 10.4. The number of aliphatic carboxylic acids is 1. The molecule has 2 nitrogen and oxygen atoms in total. The molecule has 0 amide bonds. The minimum Gasteiger partial charge on any atom is -0.481 e. The van der Waals surface area contributed by atoms with Crippen LogP contribution in [0.25, 0.3) is 0 Å². The van der Waals surface area contributed by atoms with Crippen molar-refractivity contribution in [2.24, 2.45) is 0 Å². The molecule has 1 N–H and O–H groups in total. The SMILES string of the molecule is C[Si](C)(Cl)CCCCCCCCCCCCCCCCC(=O)O. The first-order valence-electron chi connectivity index (χ1n) is 9.82. The predicted molar refractivity (Wildman–Crippen MR) is 105 cm³/mol. The van der Waals surface area contributed by atoms with Crippen LogP contribution in [0.2, 0.25) is 19.1 Å². The van der Waals surface area contributed by atoms with E-state index >= 15 is 0 Å². The first kappa shape index (κ1) is 23.0. The van der Waals surface area contributed by atoms with E-state index in [1.54, 1.807) is 0 Å². The molecule has 0 unspecified atom stereocenters. The van der Waals surface area contributed by atoms with E-state index in [0.29, 0.717) is 6.42 Å². The number of carbonyl (C=O) groups is 1. The molecule has 0 radical (unpaired) electrons. The van der Waals surface area contributed by atoms with E-state index < -0.39 is 13.4 Å². The van der Waals surface area contributed by atoms with Crippen molar-refractivity contribution in [3.8, 4) is 0 Å². The van der Waals surface area contributed by atoms with Gasteiger partial charge in [0, 0.05) is 6.42 Å². The summed E-state index contributed by atoms with van der Waals surface area (Å²) in [7, 11) is -1.32. The highest BCUT2D eigenvalue weighted by molar-refractivity contribution is 7.19. The summed E-state index contributed by atoms with van der Waals surface area (Å²) < 4.78 is 0. The van der Waals surface area contributed by atoms with Crippen molar-refractivity contribution in [2.45, 2.75) is 115 Å². The fourth-order valence-electron chi connectivity index (χ4n) is 2.94. The largest absolute Gasteiger partial charge is 0.481 e. The Morgan fingerprint density at radius 3 is 1.30 bits per heavy atom. The van der Waals surface area contributed by atoms with E-state index in [-0.39, 0.29) is 0 Å². The smallest absolute Gasteiger partial charge is 0.303 e. The van der Waals surface area contributed by atoms with Crippen LogP contribution in [0, 0.1) is 0 Å². The number of hydrogen-bond acceptors (Lipinski definition) is 1. The lowest BCUT2D eigenvalue weighted by Crippen LogP contribution is -2.14. The summed E-state index contributed by atoms with van der Waals surface area (Å²) >= 11 is 6.32. The maximum absolute atomic E-state index is 10.4. The quantitative estimate of drug-likeness (QED) is 0.166. The van der Waals surface area contributed by atoms with Crippen LogP contribution in [0.15, 0.2) is 0 Å². The molecule has 0 aromatic carbocycles. The molecule has 0 aliphatic carbocycles. The average molecular weight is 363 g/mol. The molecular weight excluding hydrogens is 324 g/mol. The number of carboxylic acids is 1. The second-order valence-electron chi connectivity index (χ2n) is 7.56. The molecule has 138 valence electrons. The van der Waals surface area contributed by atoms with Crippen molar-refractivity contribution in [1.29, 1.82) is 0 Å². The van der Waals surface area contributed by atoms with Crippen LogP contribution in [0.4, 0.5) is 0 Å². The number of rotatable bonds is 17. The molecule has 23 heavy (non-hydrogen) atoms. The van der Waals surface area contributed by atoms with Crippen molar-refractivity contribution in [2.75, 3.05) is 0 Å². The van der Waals surface area contributed by atoms with Gasteiger partial charge in [-0.1, -0.05) is 96.6 Å². The van der Waals surface area contributed by atoms with Gasteiger partial charge in [0.15, 0.2) is 0 Å². The molecule has 0 aliphatic heterocycles. The van der Waals surface area contributed by atoms with E-state index in [2.05, 4.69) is 13.1 Å². The first-order chi connectivity index (χ1) is 10.9. The number of carboxylic acid groups (broad SMARTS) is 1. The van der Waals surface area contributed by atoms with E-state index in [0.717, 1.165) is 12.8 Å². The minimum atomic E-state index is -1.32. The molecule has 0 atom stereocenters. The molecule has 0 aromatic rings. The van der Waals surface area contributed by atoms with Gasteiger partial charge in [0.1, 0.15) is 7.38 Å². The lowest BCUT2D eigenvalue weighted by Gasteiger charge is -2.11. The number of hydrogen-bond donors (Lipinski definition) is 1. The fraction of sp³-hybridized carbons (Fsp3) is 0.947. The van der Waals surface area contributed by atoms with E-state index in [1.165, 1.54) is 83.1 Å². The summed E-state index contributed by atoms with van der Waals surface area (Å²) in [6.07, 6.45) is 18.5. The van der Waals surface area contributed by atoms with Crippen LogP contribution in [0.3, 0.4) is 0 Å². The Hall–Kier alpha value is -0.0231. The van der Waals surface area contributed by atoms with Gasteiger partial charge in [-0.25, -0.2) is 0 Å². The predicted octanol–water partition coefficient (Wildman–Crippen LogP) is 7.37. The van der Waals surface area contributed by atoms with Gasteiger partial charge in [-0.3, -0.25) is 4.79 Å². The van der Waals surface area contributed by atoms with Crippen LogP contribution in [-0.4, -0.2) is 18.5 Å². The normalized spacial score (nSPS) is 11.8. The molecule has 0 bridgehead atoms. The number of unbranched alkanes of at least 4 members (excludes halogenated alkanes) is 13. The summed E-state index contributed by atoms with van der Waals surface area (Å²) in [6.45, 7) is 4.48. The summed E-state index contributed by atoms with van der Waals surface area (Å²) in [6, 6.07) is 1.27. The van der Waals surface area contributed by atoms with Gasteiger partial charge in [0.05, 0.1) is 0 Å². The van der Waals surface area contributed by atoms with Crippen molar-refractivity contribution < 1.29 is 9.90 Å². The van der Waals surface area contributed by atoms with Crippen LogP contribution in [-0.2, 0) is 4.79 Å². The second-order valence-corrected chi connectivity index (χ2v) is 14.6. The molecule has 0 rings (SSSR count). The highest BCUT2D eigenvalue weighted by Gasteiger charge is 2.15. The lowest BCUT2D eigenvalue weighted by atomic mass is 10.0. The van der Waals surface area contributed by atoms with Crippen molar-refractivity contribution >= 4 is 24.4 Å². The Balaban J connectivity index is 3.04. The van der Waals surface area contributed by atoms with Crippen LogP contribution >= 0.6 is 11.1 Å².